The number of rotatable bonds is 0. The Morgan fingerprint density at radius 2 is 2.08 bits per heavy atom. The van der Waals surface area contributed by atoms with Crippen LogP contribution < -0.4 is 5.56 Å². The molecule has 0 saturated carbocycles. The van der Waals surface area contributed by atoms with Gasteiger partial charge in [0.05, 0.1) is 12.7 Å². The summed E-state index contributed by atoms with van der Waals surface area (Å²) in [6.45, 7) is 4.00. The average molecular weight is 180 g/mol. The van der Waals surface area contributed by atoms with Crippen LogP contribution in [0.2, 0.25) is 0 Å². The first-order valence-electron chi connectivity index (χ1n) is 4.14. The molecule has 0 aliphatic rings. The van der Waals surface area contributed by atoms with Crippen LogP contribution in [0.3, 0.4) is 0 Å². The first-order valence-corrected chi connectivity index (χ1v) is 4.14. The minimum atomic E-state index is -0.157. The van der Waals surface area contributed by atoms with E-state index in [1.807, 2.05) is 13.8 Å². The molecule has 0 unspecified atom stereocenters. The lowest BCUT2D eigenvalue weighted by molar-refractivity contribution is 0.938. The number of nitrogens with zero attached hydrogens (tertiary/aromatic N) is 3. The second kappa shape index (κ2) is 3.84. The summed E-state index contributed by atoms with van der Waals surface area (Å²) in [6, 6.07) is 0. The first kappa shape index (κ1) is 9.44. The summed E-state index contributed by atoms with van der Waals surface area (Å²) in [6.07, 6.45) is 2.91. The van der Waals surface area contributed by atoms with Gasteiger partial charge in [-0.2, -0.15) is 0 Å². The molecule has 0 amide bonds. The summed E-state index contributed by atoms with van der Waals surface area (Å²) in [5.41, 5.74) is 0.832. The highest BCUT2D eigenvalue weighted by atomic mass is 16.1. The molecule has 2 heterocycles. The second-order valence-corrected chi connectivity index (χ2v) is 2.26. The zero-order chi connectivity index (χ0) is 9.84. The van der Waals surface area contributed by atoms with Crippen molar-refractivity contribution >= 4 is 11.2 Å². The van der Waals surface area contributed by atoms with E-state index in [4.69, 9.17) is 0 Å². The smallest absolute Gasteiger partial charge is 0.276 e. The Kier molecular flexibility index (Phi) is 2.79. The largest absolute Gasteiger partial charge is 0.328 e. The van der Waals surface area contributed by atoms with Crippen LogP contribution in [0, 0.1) is 0 Å². The Labute approximate surface area is 75.5 Å². The van der Waals surface area contributed by atoms with E-state index in [2.05, 4.69) is 15.0 Å². The highest BCUT2D eigenvalue weighted by molar-refractivity contribution is 5.68. The molecular weight excluding hydrogens is 168 g/mol. The third-order valence-electron chi connectivity index (χ3n) is 1.52. The van der Waals surface area contributed by atoms with Gasteiger partial charge in [0.2, 0.25) is 0 Å². The van der Waals surface area contributed by atoms with Gasteiger partial charge in [-0.15, -0.1) is 0 Å². The Balaban J connectivity index is 0.000000396. The Hall–Kier alpha value is -1.65. The maximum Gasteiger partial charge on any atom is 0.276 e. The van der Waals surface area contributed by atoms with Crippen LogP contribution in [0.5, 0.6) is 0 Å². The van der Waals surface area contributed by atoms with Crippen LogP contribution in [0.15, 0.2) is 17.4 Å². The SMILES string of the molecule is CC.Cn1cnc2nc[nH]c(=O)c21. The van der Waals surface area contributed by atoms with Gasteiger partial charge in [-0.05, 0) is 0 Å². The third-order valence-corrected chi connectivity index (χ3v) is 1.52. The Morgan fingerprint density at radius 3 is 2.69 bits per heavy atom. The molecule has 13 heavy (non-hydrogen) atoms. The zero-order valence-corrected chi connectivity index (χ0v) is 7.90. The number of fused-ring (bicyclic) bond motifs is 1. The molecule has 5 heteroatoms. The number of hydrogen-bond donors (Lipinski definition) is 1. The Bertz CT molecular complexity index is 443. The standard InChI is InChI=1S/C6H6N4O.C2H6/c1-10-3-9-5-4(10)6(11)8-2-7-5;1-2/h2-3H,1H3,(H,7,8,11);1-2H3. The molecule has 0 aromatic carbocycles. The van der Waals surface area contributed by atoms with Crippen molar-refractivity contribution in [2.75, 3.05) is 0 Å². The van der Waals surface area contributed by atoms with Gasteiger partial charge in [0.25, 0.3) is 5.56 Å². The third kappa shape index (κ3) is 1.58. The van der Waals surface area contributed by atoms with Crippen molar-refractivity contribution < 1.29 is 0 Å². The lowest BCUT2D eigenvalue weighted by Crippen LogP contribution is -2.08. The molecule has 2 aromatic heterocycles. The minimum Gasteiger partial charge on any atom is -0.328 e. The highest BCUT2D eigenvalue weighted by Crippen LogP contribution is 1.99. The fourth-order valence-corrected chi connectivity index (χ4v) is 0.994. The van der Waals surface area contributed by atoms with Crippen LogP contribution in [0.25, 0.3) is 11.2 Å². The molecule has 0 spiro atoms. The molecule has 0 radical (unpaired) electrons. The van der Waals surface area contributed by atoms with Crippen molar-refractivity contribution in [3.8, 4) is 0 Å². The van der Waals surface area contributed by atoms with Gasteiger partial charge in [-0.1, -0.05) is 13.8 Å². The van der Waals surface area contributed by atoms with Crippen LogP contribution in [0.4, 0.5) is 0 Å². The van der Waals surface area contributed by atoms with E-state index in [-0.39, 0.29) is 5.56 Å². The number of nitrogens with one attached hydrogen (secondary N) is 1. The van der Waals surface area contributed by atoms with Gasteiger partial charge >= 0.3 is 0 Å². The molecule has 0 aliphatic carbocycles. The summed E-state index contributed by atoms with van der Waals surface area (Å²) in [5.74, 6) is 0. The maximum atomic E-state index is 11.1. The summed E-state index contributed by atoms with van der Waals surface area (Å²) in [7, 11) is 1.76. The lowest BCUT2D eigenvalue weighted by atomic mass is 10.5. The quantitative estimate of drug-likeness (QED) is 0.648. The van der Waals surface area contributed by atoms with E-state index in [9.17, 15) is 4.79 Å². The van der Waals surface area contributed by atoms with Gasteiger partial charge in [0.1, 0.15) is 0 Å². The molecule has 70 valence electrons. The maximum absolute atomic E-state index is 11.1. The molecule has 5 nitrogen and oxygen atoms in total. The van der Waals surface area contributed by atoms with E-state index < -0.39 is 0 Å². The van der Waals surface area contributed by atoms with Crippen LogP contribution in [-0.2, 0) is 7.05 Å². The summed E-state index contributed by atoms with van der Waals surface area (Å²) in [4.78, 5) is 21.4. The van der Waals surface area contributed by atoms with E-state index in [0.717, 1.165) is 0 Å². The number of hydrogen-bond acceptors (Lipinski definition) is 3. The highest BCUT2D eigenvalue weighted by Gasteiger charge is 2.02. The van der Waals surface area contributed by atoms with Gasteiger partial charge < -0.3 is 9.55 Å². The van der Waals surface area contributed by atoms with E-state index >= 15 is 0 Å². The molecule has 0 saturated heterocycles. The van der Waals surface area contributed by atoms with Crippen LogP contribution >= 0.6 is 0 Å². The van der Waals surface area contributed by atoms with Crippen molar-refractivity contribution in [3.63, 3.8) is 0 Å². The van der Waals surface area contributed by atoms with Crippen LogP contribution in [0.1, 0.15) is 13.8 Å². The molecule has 2 aromatic rings. The lowest BCUT2D eigenvalue weighted by Gasteiger charge is -1.88. The molecule has 1 N–H and O–H groups in total. The average Bonchev–Trinajstić information content (AvgIpc) is 2.53. The summed E-state index contributed by atoms with van der Waals surface area (Å²) >= 11 is 0. The molecule has 2 rings (SSSR count). The predicted molar refractivity (Wildman–Crippen MR) is 50.5 cm³/mol. The number of H-pyrrole nitrogens is 1. The predicted octanol–water partition coefficient (Wildman–Crippen LogP) is 0.683. The van der Waals surface area contributed by atoms with Gasteiger partial charge in [0, 0.05) is 7.05 Å². The van der Waals surface area contributed by atoms with Crippen molar-refractivity contribution in [1.29, 1.82) is 0 Å². The van der Waals surface area contributed by atoms with Gasteiger partial charge in [-0.3, -0.25) is 4.79 Å². The molecular formula is C8H12N4O. The fourth-order valence-electron chi connectivity index (χ4n) is 0.994. The van der Waals surface area contributed by atoms with Gasteiger partial charge in [0.15, 0.2) is 11.2 Å². The number of aromatic nitrogens is 4. The van der Waals surface area contributed by atoms with E-state index in [1.54, 1.807) is 17.9 Å². The van der Waals surface area contributed by atoms with Crippen molar-refractivity contribution in [2.45, 2.75) is 13.8 Å². The summed E-state index contributed by atoms with van der Waals surface area (Å²) in [5, 5.41) is 0. The topological polar surface area (TPSA) is 63.6 Å². The molecule has 0 bridgehead atoms. The summed E-state index contributed by atoms with van der Waals surface area (Å²) < 4.78 is 1.64. The van der Waals surface area contributed by atoms with E-state index in [1.165, 1.54) is 6.33 Å². The minimum absolute atomic E-state index is 0.157. The fraction of sp³-hybridized carbons (Fsp3) is 0.375. The van der Waals surface area contributed by atoms with Crippen molar-refractivity contribution in [1.82, 2.24) is 19.5 Å². The molecule has 0 aliphatic heterocycles. The number of aryl methyl sites for hydroxylation is 1. The molecule has 0 atom stereocenters. The number of imidazole rings is 1. The first-order chi connectivity index (χ1) is 6.29. The van der Waals surface area contributed by atoms with Crippen LogP contribution in [-0.4, -0.2) is 19.5 Å². The monoisotopic (exact) mass is 180 g/mol. The van der Waals surface area contributed by atoms with Gasteiger partial charge in [-0.25, -0.2) is 9.97 Å². The van der Waals surface area contributed by atoms with Crippen molar-refractivity contribution in [3.05, 3.63) is 23.0 Å². The second-order valence-electron chi connectivity index (χ2n) is 2.26. The normalized spacial score (nSPS) is 9.46. The zero-order valence-electron chi connectivity index (χ0n) is 7.90. The van der Waals surface area contributed by atoms with Crippen molar-refractivity contribution in [2.24, 2.45) is 7.05 Å². The number of aromatic amines is 1. The Morgan fingerprint density at radius 1 is 1.38 bits per heavy atom. The van der Waals surface area contributed by atoms with E-state index in [0.29, 0.717) is 11.2 Å². The molecule has 0 fully saturated rings.